The maximum Gasteiger partial charge on any atom is 0.269 e. The molecule has 0 radical (unpaired) electrons. The average Bonchev–Trinajstić information content (AvgIpc) is 2.40. The number of hydrogen-bond acceptors (Lipinski definition) is 3. The standard InChI is InChI=1S/C14H11NO3/c1-2-11-5-3-4-6-14(11)18-13-9-7-12(8-10-13)15(16)17/h2-10H,1H2. The molecule has 18 heavy (non-hydrogen) atoms. The molecule has 0 aromatic heterocycles. The smallest absolute Gasteiger partial charge is 0.269 e. The van der Waals surface area contributed by atoms with E-state index in [1.165, 1.54) is 12.1 Å². The zero-order valence-electron chi connectivity index (χ0n) is 9.58. The van der Waals surface area contributed by atoms with E-state index in [-0.39, 0.29) is 5.69 Å². The maximum atomic E-state index is 10.5. The highest BCUT2D eigenvalue weighted by molar-refractivity contribution is 5.56. The Morgan fingerprint density at radius 1 is 1.11 bits per heavy atom. The minimum Gasteiger partial charge on any atom is -0.457 e. The van der Waals surface area contributed by atoms with E-state index in [1.54, 1.807) is 18.2 Å². The zero-order valence-corrected chi connectivity index (χ0v) is 9.58. The monoisotopic (exact) mass is 241 g/mol. The third-order valence-electron chi connectivity index (χ3n) is 2.41. The SMILES string of the molecule is C=Cc1ccccc1Oc1ccc([N+](=O)[O-])cc1. The molecule has 0 bridgehead atoms. The van der Waals surface area contributed by atoms with E-state index < -0.39 is 4.92 Å². The molecular formula is C14H11NO3. The molecule has 0 aliphatic heterocycles. The predicted octanol–water partition coefficient (Wildman–Crippen LogP) is 4.03. The normalized spacial score (nSPS) is 9.78. The Labute approximate surface area is 104 Å². The minimum atomic E-state index is -0.443. The minimum absolute atomic E-state index is 0.0411. The lowest BCUT2D eigenvalue weighted by Gasteiger charge is -2.08. The third-order valence-corrected chi connectivity index (χ3v) is 2.41. The van der Waals surface area contributed by atoms with E-state index in [4.69, 9.17) is 4.74 Å². The van der Waals surface area contributed by atoms with E-state index >= 15 is 0 Å². The van der Waals surface area contributed by atoms with E-state index in [9.17, 15) is 10.1 Å². The average molecular weight is 241 g/mol. The van der Waals surface area contributed by atoms with Gasteiger partial charge in [0.05, 0.1) is 4.92 Å². The Balaban J connectivity index is 2.23. The summed E-state index contributed by atoms with van der Waals surface area (Å²) in [5.41, 5.74) is 0.912. The summed E-state index contributed by atoms with van der Waals surface area (Å²) in [6.07, 6.45) is 1.70. The Morgan fingerprint density at radius 2 is 1.78 bits per heavy atom. The van der Waals surface area contributed by atoms with Gasteiger partial charge in [0.15, 0.2) is 0 Å². The molecule has 4 nitrogen and oxygen atoms in total. The highest BCUT2D eigenvalue weighted by Gasteiger charge is 2.06. The van der Waals surface area contributed by atoms with Crippen LogP contribution in [0.2, 0.25) is 0 Å². The summed E-state index contributed by atoms with van der Waals surface area (Å²) in [6, 6.07) is 13.4. The van der Waals surface area contributed by atoms with Crippen LogP contribution in [0.15, 0.2) is 55.1 Å². The second-order valence-corrected chi connectivity index (χ2v) is 3.60. The fourth-order valence-electron chi connectivity index (χ4n) is 1.50. The molecule has 90 valence electrons. The van der Waals surface area contributed by atoms with Crippen LogP contribution in [0.25, 0.3) is 6.08 Å². The first-order valence-corrected chi connectivity index (χ1v) is 5.34. The summed E-state index contributed by atoms with van der Waals surface area (Å²) >= 11 is 0. The molecule has 0 saturated carbocycles. The van der Waals surface area contributed by atoms with Crippen LogP contribution < -0.4 is 4.74 Å². The predicted molar refractivity (Wildman–Crippen MR) is 69.7 cm³/mol. The highest BCUT2D eigenvalue weighted by Crippen LogP contribution is 2.27. The summed E-state index contributed by atoms with van der Waals surface area (Å²) in [7, 11) is 0. The van der Waals surface area contributed by atoms with Crippen molar-refractivity contribution in [3.63, 3.8) is 0 Å². The Kier molecular flexibility index (Phi) is 3.38. The highest BCUT2D eigenvalue weighted by atomic mass is 16.6. The van der Waals surface area contributed by atoms with Crippen molar-refractivity contribution in [1.82, 2.24) is 0 Å². The molecular weight excluding hydrogens is 230 g/mol. The van der Waals surface area contributed by atoms with Crippen LogP contribution in [-0.4, -0.2) is 4.92 Å². The number of hydrogen-bond donors (Lipinski definition) is 0. The van der Waals surface area contributed by atoms with Crippen LogP contribution >= 0.6 is 0 Å². The lowest BCUT2D eigenvalue weighted by Crippen LogP contribution is -1.89. The second-order valence-electron chi connectivity index (χ2n) is 3.60. The van der Waals surface area contributed by atoms with E-state index in [2.05, 4.69) is 6.58 Å². The Morgan fingerprint density at radius 3 is 2.39 bits per heavy atom. The molecule has 0 unspecified atom stereocenters. The van der Waals surface area contributed by atoms with Gasteiger partial charge in [0.25, 0.3) is 5.69 Å². The number of benzene rings is 2. The molecule has 0 aliphatic rings. The molecule has 0 heterocycles. The number of ether oxygens (including phenoxy) is 1. The van der Waals surface area contributed by atoms with Crippen LogP contribution in [0.5, 0.6) is 11.5 Å². The van der Waals surface area contributed by atoms with E-state index in [0.29, 0.717) is 11.5 Å². The van der Waals surface area contributed by atoms with Crippen LogP contribution in [0.3, 0.4) is 0 Å². The van der Waals surface area contributed by atoms with Crippen molar-refractivity contribution in [2.24, 2.45) is 0 Å². The fraction of sp³-hybridized carbons (Fsp3) is 0. The number of nitrogens with zero attached hydrogens (tertiary/aromatic N) is 1. The largest absolute Gasteiger partial charge is 0.457 e. The van der Waals surface area contributed by atoms with Gasteiger partial charge >= 0.3 is 0 Å². The summed E-state index contributed by atoms with van der Waals surface area (Å²) < 4.78 is 5.64. The van der Waals surface area contributed by atoms with Gasteiger partial charge in [-0.15, -0.1) is 0 Å². The Hall–Kier alpha value is -2.62. The van der Waals surface area contributed by atoms with Gasteiger partial charge in [-0.1, -0.05) is 30.9 Å². The van der Waals surface area contributed by atoms with Gasteiger partial charge in [0, 0.05) is 17.7 Å². The first kappa shape index (κ1) is 11.9. The summed E-state index contributed by atoms with van der Waals surface area (Å²) in [6.45, 7) is 3.70. The van der Waals surface area contributed by atoms with Gasteiger partial charge in [-0.3, -0.25) is 10.1 Å². The van der Waals surface area contributed by atoms with Crippen molar-refractivity contribution in [3.8, 4) is 11.5 Å². The molecule has 4 heteroatoms. The molecule has 0 aliphatic carbocycles. The zero-order chi connectivity index (χ0) is 13.0. The second kappa shape index (κ2) is 5.14. The summed E-state index contributed by atoms with van der Waals surface area (Å²) in [5.74, 6) is 1.22. The van der Waals surface area contributed by atoms with Crippen molar-refractivity contribution in [1.29, 1.82) is 0 Å². The van der Waals surface area contributed by atoms with Crippen molar-refractivity contribution >= 4 is 11.8 Å². The van der Waals surface area contributed by atoms with Gasteiger partial charge < -0.3 is 4.74 Å². The van der Waals surface area contributed by atoms with Crippen molar-refractivity contribution in [2.75, 3.05) is 0 Å². The molecule has 2 aromatic rings. The molecule has 0 N–H and O–H groups in total. The lowest BCUT2D eigenvalue weighted by atomic mass is 10.2. The number of para-hydroxylation sites is 1. The van der Waals surface area contributed by atoms with Gasteiger partial charge in [0.1, 0.15) is 11.5 Å². The van der Waals surface area contributed by atoms with Crippen molar-refractivity contribution < 1.29 is 9.66 Å². The third kappa shape index (κ3) is 2.55. The molecule has 0 spiro atoms. The van der Waals surface area contributed by atoms with Gasteiger partial charge in [-0.2, -0.15) is 0 Å². The van der Waals surface area contributed by atoms with Gasteiger partial charge in [-0.25, -0.2) is 0 Å². The number of nitro benzene ring substituents is 1. The van der Waals surface area contributed by atoms with E-state index in [1.807, 2.05) is 24.3 Å². The number of non-ortho nitro benzene ring substituents is 1. The van der Waals surface area contributed by atoms with Crippen molar-refractivity contribution in [2.45, 2.75) is 0 Å². The van der Waals surface area contributed by atoms with E-state index in [0.717, 1.165) is 5.56 Å². The number of nitro groups is 1. The first-order chi connectivity index (χ1) is 8.70. The van der Waals surface area contributed by atoms with Gasteiger partial charge in [-0.05, 0) is 18.2 Å². The molecule has 2 rings (SSSR count). The molecule has 0 atom stereocenters. The van der Waals surface area contributed by atoms with Crippen LogP contribution in [0.1, 0.15) is 5.56 Å². The topological polar surface area (TPSA) is 52.4 Å². The Bertz CT molecular complexity index is 576. The van der Waals surface area contributed by atoms with Crippen molar-refractivity contribution in [3.05, 3.63) is 70.8 Å². The van der Waals surface area contributed by atoms with Crippen LogP contribution in [0.4, 0.5) is 5.69 Å². The molecule has 2 aromatic carbocycles. The van der Waals surface area contributed by atoms with Gasteiger partial charge in [0.2, 0.25) is 0 Å². The number of rotatable bonds is 4. The van der Waals surface area contributed by atoms with Crippen LogP contribution in [-0.2, 0) is 0 Å². The molecule has 0 fully saturated rings. The summed E-state index contributed by atoms with van der Waals surface area (Å²) in [4.78, 5) is 10.1. The van der Waals surface area contributed by atoms with Crippen LogP contribution in [0, 0.1) is 10.1 Å². The first-order valence-electron chi connectivity index (χ1n) is 5.34. The molecule has 0 saturated heterocycles. The lowest BCUT2D eigenvalue weighted by molar-refractivity contribution is -0.384. The maximum absolute atomic E-state index is 10.5. The fourth-order valence-corrected chi connectivity index (χ4v) is 1.50. The molecule has 0 amide bonds. The quantitative estimate of drug-likeness (QED) is 0.599. The summed E-state index contributed by atoms with van der Waals surface area (Å²) in [5, 5.41) is 10.5.